The van der Waals surface area contributed by atoms with Crippen LogP contribution in [-0.4, -0.2) is 14.3 Å². The maximum Gasteiger partial charge on any atom is 0.266 e. The lowest BCUT2D eigenvalue weighted by atomic mass is 9.78. The first-order valence-corrected chi connectivity index (χ1v) is 8.28. The molecule has 0 aromatic heterocycles. The van der Waals surface area contributed by atoms with E-state index in [0.29, 0.717) is 19.3 Å². The van der Waals surface area contributed by atoms with Crippen molar-refractivity contribution in [2.24, 2.45) is 5.41 Å². The Bertz CT molecular complexity index is 702. The summed E-state index contributed by atoms with van der Waals surface area (Å²) in [6, 6.07) is 3.19. The first-order valence-electron chi connectivity index (χ1n) is 6.42. The zero-order chi connectivity index (χ0) is 15.7. The first-order chi connectivity index (χ1) is 9.74. The van der Waals surface area contributed by atoms with Gasteiger partial charge in [-0.3, -0.25) is 4.79 Å². The number of benzene rings is 1. The minimum atomic E-state index is -4.25. The van der Waals surface area contributed by atoms with Gasteiger partial charge in [0.15, 0.2) is 0 Å². The number of hydrogen-bond donors (Lipinski definition) is 1. The standard InChI is InChI=1S/C14H15ClFNO3S/c1-14(7-3-2-4-8-14)13(18)17-21(19,20)12-6-5-10(15)9-11(12)16/h2-3,5-6,9H,4,7-8H2,1H3,(H,17,18). The second-order valence-corrected chi connectivity index (χ2v) is 7.37. The molecule has 1 amide bonds. The number of allylic oxidation sites excluding steroid dienone is 2. The molecule has 114 valence electrons. The molecule has 1 aliphatic carbocycles. The molecule has 0 fully saturated rings. The van der Waals surface area contributed by atoms with Gasteiger partial charge < -0.3 is 0 Å². The van der Waals surface area contributed by atoms with E-state index in [-0.39, 0.29) is 5.02 Å². The summed E-state index contributed by atoms with van der Waals surface area (Å²) in [4.78, 5) is 11.6. The third-order valence-corrected chi connectivity index (χ3v) is 5.16. The summed E-state index contributed by atoms with van der Waals surface area (Å²) >= 11 is 5.59. The molecule has 1 aromatic carbocycles. The van der Waals surface area contributed by atoms with E-state index < -0.39 is 32.1 Å². The molecule has 0 saturated carbocycles. The number of sulfonamides is 1. The number of rotatable bonds is 3. The molecule has 0 heterocycles. The molecule has 1 aliphatic rings. The molecule has 0 spiro atoms. The van der Waals surface area contributed by atoms with Crippen molar-refractivity contribution in [2.75, 3.05) is 0 Å². The van der Waals surface area contributed by atoms with Gasteiger partial charge in [0.25, 0.3) is 10.0 Å². The lowest BCUT2D eigenvalue weighted by Gasteiger charge is -2.28. The lowest BCUT2D eigenvalue weighted by molar-refractivity contribution is -0.128. The van der Waals surface area contributed by atoms with Gasteiger partial charge in [0.05, 0.1) is 5.41 Å². The maximum atomic E-state index is 13.7. The Morgan fingerprint density at radius 3 is 2.67 bits per heavy atom. The topological polar surface area (TPSA) is 63.2 Å². The highest BCUT2D eigenvalue weighted by Gasteiger charge is 2.36. The van der Waals surface area contributed by atoms with Crippen LogP contribution in [0.3, 0.4) is 0 Å². The molecular weight excluding hydrogens is 317 g/mol. The van der Waals surface area contributed by atoms with Crippen molar-refractivity contribution in [2.45, 2.75) is 31.1 Å². The van der Waals surface area contributed by atoms with E-state index >= 15 is 0 Å². The van der Waals surface area contributed by atoms with E-state index in [1.165, 1.54) is 6.07 Å². The molecule has 4 nitrogen and oxygen atoms in total. The highest BCUT2D eigenvalue weighted by Crippen LogP contribution is 2.32. The van der Waals surface area contributed by atoms with E-state index in [1.54, 1.807) is 6.92 Å². The zero-order valence-electron chi connectivity index (χ0n) is 11.4. The predicted octanol–water partition coefficient (Wildman–Crippen LogP) is 3.03. The minimum Gasteiger partial charge on any atom is -0.273 e. The fraction of sp³-hybridized carbons (Fsp3) is 0.357. The quantitative estimate of drug-likeness (QED) is 0.866. The van der Waals surface area contributed by atoms with Crippen LogP contribution in [-0.2, 0) is 14.8 Å². The second kappa shape index (κ2) is 5.77. The van der Waals surface area contributed by atoms with E-state index in [2.05, 4.69) is 0 Å². The number of nitrogens with one attached hydrogen (secondary N) is 1. The number of halogens is 2. The molecule has 0 radical (unpaired) electrons. The van der Waals surface area contributed by atoms with Crippen LogP contribution in [0.4, 0.5) is 4.39 Å². The summed E-state index contributed by atoms with van der Waals surface area (Å²) in [5.74, 6) is -1.61. The van der Waals surface area contributed by atoms with Crippen molar-refractivity contribution in [1.29, 1.82) is 0 Å². The summed E-state index contributed by atoms with van der Waals surface area (Å²) in [6.45, 7) is 1.69. The summed E-state index contributed by atoms with van der Waals surface area (Å²) < 4.78 is 39.9. The van der Waals surface area contributed by atoms with Gasteiger partial charge in [0, 0.05) is 5.02 Å². The average molecular weight is 332 g/mol. The average Bonchev–Trinajstić information content (AvgIpc) is 2.38. The molecule has 0 saturated heterocycles. The van der Waals surface area contributed by atoms with Gasteiger partial charge in [-0.15, -0.1) is 0 Å². The molecule has 0 aliphatic heterocycles. The van der Waals surface area contributed by atoms with Crippen LogP contribution in [0.25, 0.3) is 0 Å². The zero-order valence-corrected chi connectivity index (χ0v) is 13.0. The van der Waals surface area contributed by atoms with Crippen LogP contribution < -0.4 is 4.72 Å². The minimum absolute atomic E-state index is 0.0853. The molecule has 1 unspecified atom stereocenters. The Morgan fingerprint density at radius 2 is 2.10 bits per heavy atom. The Hall–Kier alpha value is -1.40. The van der Waals surface area contributed by atoms with Gasteiger partial charge in [-0.1, -0.05) is 30.7 Å². The monoisotopic (exact) mass is 331 g/mol. The molecule has 7 heteroatoms. The second-order valence-electron chi connectivity index (χ2n) is 5.28. The lowest BCUT2D eigenvalue weighted by Crippen LogP contribution is -2.42. The summed E-state index contributed by atoms with van der Waals surface area (Å²) in [5.41, 5.74) is -0.801. The van der Waals surface area contributed by atoms with E-state index in [1.807, 2.05) is 16.9 Å². The van der Waals surface area contributed by atoms with Crippen LogP contribution in [0.1, 0.15) is 26.2 Å². The summed E-state index contributed by atoms with van der Waals surface area (Å²) in [5, 5.41) is 0.0853. The van der Waals surface area contributed by atoms with E-state index in [9.17, 15) is 17.6 Å². The Morgan fingerprint density at radius 1 is 1.38 bits per heavy atom. The Labute approximate surface area is 128 Å². The number of hydrogen-bond acceptors (Lipinski definition) is 3. The van der Waals surface area contributed by atoms with Crippen LogP contribution in [0, 0.1) is 11.2 Å². The number of carbonyl (C=O) groups is 1. The van der Waals surface area contributed by atoms with Crippen LogP contribution in [0.15, 0.2) is 35.2 Å². The van der Waals surface area contributed by atoms with Crippen LogP contribution in [0.5, 0.6) is 0 Å². The molecule has 1 atom stereocenters. The summed E-state index contributed by atoms with van der Waals surface area (Å²) in [6.07, 6.45) is 5.51. The number of carbonyl (C=O) groups excluding carboxylic acids is 1. The molecule has 1 N–H and O–H groups in total. The van der Waals surface area contributed by atoms with Gasteiger partial charge in [-0.25, -0.2) is 17.5 Å². The molecular formula is C14H15ClFNO3S. The largest absolute Gasteiger partial charge is 0.273 e. The van der Waals surface area contributed by atoms with Crippen LogP contribution >= 0.6 is 11.6 Å². The van der Waals surface area contributed by atoms with Gasteiger partial charge in [-0.2, -0.15) is 0 Å². The fourth-order valence-corrected chi connectivity index (χ4v) is 3.49. The van der Waals surface area contributed by atoms with E-state index in [0.717, 1.165) is 12.1 Å². The normalized spacial score (nSPS) is 22.0. The van der Waals surface area contributed by atoms with Crippen molar-refractivity contribution in [1.82, 2.24) is 4.72 Å². The Balaban J connectivity index is 2.25. The molecule has 2 rings (SSSR count). The van der Waals surface area contributed by atoms with Crippen molar-refractivity contribution in [3.8, 4) is 0 Å². The molecule has 1 aromatic rings. The van der Waals surface area contributed by atoms with Gasteiger partial charge in [0.2, 0.25) is 5.91 Å². The van der Waals surface area contributed by atoms with Crippen molar-refractivity contribution >= 4 is 27.5 Å². The van der Waals surface area contributed by atoms with Crippen LogP contribution in [0.2, 0.25) is 5.02 Å². The van der Waals surface area contributed by atoms with E-state index in [4.69, 9.17) is 11.6 Å². The molecule has 0 bridgehead atoms. The van der Waals surface area contributed by atoms with Crippen molar-refractivity contribution in [3.63, 3.8) is 0 Å². The smallest absolute Gasteiger partial charge is 0.266 e. The third-order valence-electron chi connectivity index (χ3n) is 3.56. The highest BCUT2D eigenvalue weighted by atomic mass is 35.5. The van der Waals surface area contributed by atoms with Gasteiger partial charge in [-0.05, 0) is 37.5 Å². The van der Waals surface area contributed by atoms with Gasteiger partial charge >= 0.3 is 0 Å². The fourth-order valence-electron chi connectivity index (χ4n) is 2.16. The predicted molar refractivity (Wildman–Crippen MR) is 77.8 cm³/mol. The first kappa shape index (κ1) is 16.0. The highest BCUT2D eigenvalue weighted by molar-refractivity contribution is 7.90. The Kier molecular flexibility index (Phi) is 4.39. The maximum absolute atomic E-state index is 13.7. The van der Waals surface area contributed by atoms with Crippen molar-refractivity contribution < 1.29 is 17.6 Å². The molecule has 21 heavy (non-hydrogen) atoms. The SMILES string of the molecule is CC1(C(=O)NS(=O)(=O)c2ccc(Cl)cc2F)CC=CCC1. The summed E-state index contributed by atoms with van der Waals surface area (Å²) in [7, 11) is -4.25. The van der Waals surface area contributed by atoms with Gasteiger partial charge in [0.1, 0.15) is 10.7 Å². The third kappa shape index (κ3) is 3.44. The number of amides is 1. The van der Waals surface area contributed by atoms with Crippen molar-refractivity contribution in [3.05, 3.63) is 41.2 Å².